The standard InChI is InChI=1S/C23H24N4O4/c1-4-23(15-10-6-5-7-11-15)20(30)26(21(31)25-23)14-18(28)27-17-13-9-8-12-16(17)24-19(29)22(27,2)3/h5-13H,4,14H2,1-3H3,(H,24,29)(H,25,31)/t23-/m1/s1. The summed E-state index contributed by atoms with van der Waals surface area (Å²) in [5.74, 6) is -1.34. The molecule has 0 bridgehead atoms. The highest BCUT2D eigenvalue weighted by molar-refractivity contribution is 6.16. The zero-order valence-electron chi connectivity index (χ0n) is 17.6. The van der Waals surface area contributed by atoms with Crippen molar-refractivity contribution in [3.63, 3.8) is 0 Å². The van der Waals surface area contributed by atoms with Gasteiger partial charge in [-0.2, -0.15) is 0 Å². The van der Waals surface area contributed by atoms with Crippen molar-refractivity contribution in [3.8, 4) is 0 Å². The van der Waals surface area contributed by atoms with Crippen molar-refractivity contribution in [1.29, 1.82) is 0 Å². The Hall–Kier alpha value is -3.68. The van der Waals surface area contributed by atoms with Crippen molar-refractivity contribution in [2.24, 2.45) is 0 Å². The van der Waals surface area contributed by atoms with Gasteiger partial charge in [-0.1, -0.05) is 49.4 Å². The SMILES string of the molecule is CC[C@]1(c2ccccc2)NC(=O)N(CC(=O)N2c3ccccc3NC(=O)C2(C)C)C1=O. The van der Waals surface area contributed by atoms with E-state index in [-0.39, 0.29) is 5.91 Å². The van der Waals surface area contributed by atoms with Crippen LogP contribution in [0, 0.1) is 0 Å². The molecule has 2 aromatic rings. The van der Waals surface area contributed by atoms with Crippen LogP contribution in [-0.4, -0.2) is 40.7 Å². The molecule has 2 heterocycles. The topological polar surface area (TPSA) is 98.8 Å². The Labute approximate surface area is 180 Å². The van der Waals surface area contributed by atoms with Crippen LogP contribution in [0.1, 0.15) is 32.8 Å². The molecule has 1 saturated heterocycles. The highest BCUT2D eigenvalue weighted by Crippen LogP contribution is 2.37. The van der Waals surface area contributed by atoms with E-state index in [9.17, 15) is 19.2 Å². The minimum absolute atomic E-state index is 0.340. The van der Waals surface area contributed by atoms with Gasteiger partial charge >= 0.3 is 6.03 Å². The summed E-state index contributed by atoms with van der Waals surface area (Å²) < 4.78 is 0. The number of imide groups is 1. The molecule has 0 saturated carbocycles. The van der Waals surface area contributed by atoms with Gasteiger partial charge in [0.1, 0.15) is 17.6 Å². The van der Waals surface area contributed by atoms with Crippen LogP contribution in [0.2, 0.25) is 0 Å². The normalized spacial score (nSPS) is 22.1. The Morgan fingerprint density at radius 2 is 1.61 bits per heavy atom. The first-order valence-electron chi connectivity index (χ1n) is 10.2. The second kappa shape index (κ2) is 7.23. The third-order valence-electron chi connectivity index (χ3n) is 6.02. The van der Waals surface area contributed by atoms with Crippen LogP contribution in [0.4, 0.5) is 16.2 Å². The predicted molar refractivity (Wildman–Crippen MR) is 115 cm³/mol. The number of fused-ring (bicyclic) bond motifs is 1. The average Bonchev–Trinajstić information content (AvgIpc) is 3.00. The summed E-state index contributed by atoms with van der Waals surface area (Å²) in [6.07, 6.45) is 0.340. The molecule has 0 spiro atoms. The van der Waals surface area contributed by atoms with Gasteiger partial charge in [0.25, 0.3) is 5.91 Å². The van der Waals surface area contributed by atoms with E-state index in [4.69, 9.17) is 0 Å². The molecule has 31 heavy (non-hydrogen) atoms. The van der Waals surface area contributed by atoms with E-state index < -0.39 is 35.5 Å². The Kier molecular flexibility index (Phi) is 4.80. The van der Waals surface area contributed by atoms with Gasteiger partial charge in [0.15, 0.2) is 0 Å². The van der Waals surface area contributed by atoms with E-state index in [0.29, 0.717) is 23.4 Å². The quantitative estimate of drug-likeness (QED) is 0.743. The van der Waals surface area contributed by atoms with Crippen molar-refractivity contribution in [1.82, 2.24) is 10.2 Å². The fraction of sp³-hybridized carbons (Fsp3) is 0.304. The Balaban J connectivity index is 1.67. The number of para-hydroxylation sites is 2. The first-order valence-corrected chi connectivity index (χ1v) is 10.2. The monoisotopic (exact) mass is 420 g/mol. The molecule has 8 nitrogen and oxygen atoms in total. The predicted octanol–water partition coefficient (Wildman–Crippen LogP) is 2.61. The number of carbonyl (C=O) groups is 4. The number of hydrogen-bond donors (Lipinski definition) is 2. The zero-order chi connectivity index (χ0) is 22.4. The van der Waals surface area contributed by atoms with Gasteiger partial charge in [0.2, 0.25) is 11.8 Å². The highest BCUT2D eigenvalue weighted by atomic mass is 16.2. The van der Waals surface area contributed by atoms with Gasteiger partial charge in [-0.25, -0.2) is 4.79 Å². The second-order valence-electron chi connectivity index (χ2n) is 8.21. The summed E-state index contributed by atoms with van der Waals surface area (Å²) in [6, 6.07) is 15.3. The van der Waals surface area contributed by atoms with Crippen LogP contribution in [0.5, 0.6) is 0 Å². The molecule has 160 valence electrons. The third kappa shape index (κ3) is 3.06. The van der Waals surface area contributed by atoms with E-state index in [0.717, 1.165) is 4.90 Å². The molecular formula is C23H24N4O4. The summed E-state index contributed by atoms with van der Waals surface area (Å²) in [7, 11) is 0. The third-order valence-corrected chi connectivity index (χ3v) is 6.02. The fourth-order valence-electron chi connectivity index (χ4n) is 4.24. The molecule has 0 unspecified atom stereocenters. The summed E-state index contributed by atoms with van der Waals surface area (Å²) >= 11 is 0. The molecule has 1 fully saturated rings. The molecule has 2 aliphatic rings. The number of hydrogen-bond acceptors (Lipinski definition) is 4. The Morgan fingerprint density at radius 1 is 0.968 bits per heavy atom. The Morgan fingerprint density at radius 3 is 2.29 bits per heavy atom. The van der Waals surface area contributed by atoms with Crippen molar-refractivity contribution in [2.45, 2.75) is 38.3 Å². The van der Waals surface area contributed by atoms with E-state index in [1.807, 2.05) is 13.0 Å². The number of amides is 5. The van der Waals surface area contributed by atoms with E-state index in [1.54, 1.807) is 62.4 Å². The van der Waals surface area contributed by atoms with Gasteiger partial charge in [-0.05, 0) is 38.0 Å². The molecule has 8 heteroatoms. The van der Waals surface area contributed by atoms with E-state index >= 15 is 0 Å². The van der Waals surface area contributed by atoms with E-state index in [2.05, 4.69) is 10.6 Å². The fourth-order valence-corrected chi connectivity index (χ4v) is 4.24. The number of rotatable bonds is 4. The van der Waals surface area contributed by atoms with Crippen molar-refractivity contribution in [3.05, 3.63) is 60.2 Å². The van der Waals surface area contributed by atoms with Crippen LogP contribution in [0.15, 0.2) is 54.6 Å². The summed E-state index contributed by atoms with van der Waals surface area (Å²) in [6.45, 7) is 4.60. The van der Waals surface area contributed by atoms with Gasteiger partial charge in [-0.15, -0.1) is 0 Å². The molecule has 5 amide bonds. The Bertz CT molecular complexity index is 1080. The van der Waals surface area contributed by atoms with Gasteiger partial charge in [0.05, 0.1) is 11.4 Å². The summed E-state index contributed by atoms with van der Waals surface area (Å²) in [4.78, 5) is 54.4. The van der Waals surface area contributed by atoms with Crippen LogP contribution >= 0.6 is 0 Å². The molecule has 2 N–H and O–H groups in total. The average molecular weight is 420 g/mol. The molecule has 4 rings (SSSR count). The van der Waals surface area contributed by atoms with Crippen molar-refractivity contribution < 1.29 is 19.2 Å². The van der Waals surface area contributed by atoms with Crippen molar-refractivity contribution >= 4 is 35.1 Å². The number of nitrogens with zero attached hydrogens (tertiary/aromatic N) is 2. The van der Waals surface area contributed by atoms with E-state index in [1.165, 1.54) is 4.90 Å². The van der Waals surface area contributed by atoms with Crippen molar-refractivity contribution in [2.75, 3.05) is 16.8 Å². The number of benzene rings is 2. The number of anilines is 2. The van der Waals surface area contributed by atoms with Crippen LogP contribution in [0.3, 0.4) is 0 Å². The molecular weight excluding hydrogens is 396 g/mol. The molecule has 1 atom stereocenters. The first-order chi connectivity index (χ1) is 14.7. The summed E-state index contributed by atoms with van der Waals surface area (Å²) in [5.41, 5.74) is -0.718. The lowest BCUT2D eigenvalue weighted by Crippen LogP contribution is -2.60. The number of carbonyl (C=O) groups excluding carboxylic acids is 4. The maximum Gasteiger partial charge on any atom is 0.325 e. The van der Waals surface area contributed by atoms with Crippen LogP contribution < -0.4 is 15.5 Å². The maximum absolute atomic E-state index is 13.4. The zero-order valence-corrected chi connectivity index (χ0v) is 17.6. The smallest absolute Gasteiger partial charge is 0.322 e. The van der Waals surface area contributed by atoms with Gasteiger partial charge < -0.3 is 10.6 Å². The molecule has 0 aliphatic carbocycles. The van der Waals surface area contributed by atoms with Gasteiger partial charge in [0, 0.05) is 0 Å². The lowest BCUT2D eigenvalue weighted by molar-refractivity contribution is -0.135. The minimum Gasteiger partial charge on any atom is -0.322 e. The second-order valence-corrected chi connectivity index (χ2v) is 8.21. The maximum atomic E-state index is 13.4. The highest BCUT2D eigenvalue weighted by Gasteiger charge is 2.53. The molecule has 2 aliphatic heterocycles. The number of urea groups is 1. The lowest BCUT2D eigenvalue weighted by atomic mass is 9.87. The minimum atomic E-state index is -1.22. The van der Waals surface area contributed by atoms with Gasteiger partial charge in [-0.3, -0.25) is 24.2 Å². The molecule has 2 aromatic carbocycles. The largest absolute Gasteiger partial charge is 0.325 e. The molecule has 0 radical (unpaired) electrons. The summed E-state index contributed by atoms with van der Waals surface area (Å²) in [5, 5.41) is 5.57. The van der Waals surface area contributed by atoms with Crippen LogP contribution in [0.25, 0.3) is 0 Å². The number of nitrogens with one attached hydrogen (secondary N) is 2. The molecule has 0 aromatic heterocycles. The van der Waals surface area contributed by atoms with Crippen LogP contribution in [-0.2, 0) is 19.9 Å². The first kappa shape index (κ1) is 20.6. The lowest BCUT2D eigenvalue weighted by Gasteiger charge is -2.42.